The molecule has 0 bridgehead atoms. The molecule has 1 aromatic heterocycles. The Morgan fingerprint density at radius 2 is 2.05 bits per heavy atom. The Hall–Kier alpha value is -1.39. The van der Waals surface area contributed by atoms with Gasteiger partial charge in [-0.3, -0.25) is 0 Å². The van der Waals surface area contributed by atoms with Gasteiger partial charge in [0.25, 0.3) is 0 Å². The monoisotopic (exact) mass is 261 g/mol. The zero-order valence-corrected chi connectivity index (χ0v) is 11.9. The van der Waals surface area contributed by atoms with Gasteiger partial charge in [0, 0.05) is 13.7 Å². The molecule has 0 aliphatic heterocycles. The molecule has 2 aromatic rings. The zero-order chi connectivity index (χ0) is 13.8. The Balaban J connectivity index is 2.09. The molecule has 0 spiro atoms. The van der Waals surface area contributed by atoms with Gasteiger partial charge in [-0.05, 0) is 37.9 Å². The van der Waals surface area contributed by atoms with E-state index < -0.39 is 0 Å². The van der Waals surface area contributed by atoms with Gasteiger partial charge in [0.1, 0.15) is 5.82 Å². The van der Waals surface area contributed by atoms with Gasteiger partial charge in [-0.25, -0.2) is 4.98 Å². The third-order valence-corrected chi connectivity index (χ3v) is 3.60. The molecule has 2 rings (SSSR count). The van der Waals surface area contributed by atoms with E-state index >= 15 is 0 Å². The van der Waals surface area contributed by atoms with Gasteiger partial charge >= 0.3 is 0 Å². The number of nitrogens with one attached hydrogen (secondary N) is 1. The summed E-state index contributed by atoms with van der Waals surface area (Å²) < 4.78 is 2.14. The van der Waals surface area contributed by atoms with Crippen molar-refractivity contribution < 1.29 is 5.11 Å². The van der Waals surface area contributed by atoms with Crippen LogP contribution in [0.4, 0.5) is 0 Å². The lowest BCUT2D eigenvalue weighted by Gasteiger charge is -2.17. The van der Waals surface area contributed by atoms with Crippen molar-refractivity contribution >= 4 is 11.0 Å². The highest BCUT2D eigenvalue weighted by Crippen LogP contribution is 2.19. The van der Waals surface area contributed by atoms with Crippen molar-refractivity contribution in [2.24, 2.45) is 13.0 Å². The molecule has 104 valence electrons. The van der Waals surface area contributed by atoms with E-state index in [0.717, 1.165) is 29.8 Å². The first-order valence-electron chi connectivity index (χ1n) is 6.89. The summed E-state index contributed by atoms with van der Waals surface area (Å²) in [6, 6.07) is 8.39. The van der Waals surface area contributed by atoms with E-state index in [2.05, 4.69) is 41.8 Å². The van der Waals surface area contributed by atoms with Gasteiger partial charge in [-0.15, -0.1) is 0 Å². The maximum atomic E-state index is 8.91. The first kappa shape index (κ1) is 14.0. The molecule has 2 unspecified atom stereocenters. The van der Waals surface area contributed by atoms with Gasteiger partial charge in [0.2, 0.25) is 0 Å². The maximum Gasteiger partial charge on any atom is 0.126 e. The lowest BCUT2D eigenvalue weighted by Crippen LogP contribution is -2.26. The minimum atomic E-state index is 0.207. The second kappa shape index (κ2) is 6.17. The van der Waals surface area contributed by atoms with Crippen LogP contribution in [0, 0.1) is 5.92 Å². The van der Waals surface area contributed by atoms with E-state index in [1.807, 2.05) is 18.2 Å². The number of aromatic nitrogens is 2. The molecule has 0 aliphatic carbocycles. The number of hydrogen-bond donors (Lipinski definition) is 2. The van der Waals surface area contributed by atoms with Crippen LogP contribution < -0.4 is 5.32 Å². The van der Waals surface area contributed by atoms with Gasteiger partial charge in [0.15, 0.2) is 0 Å². The summed E-state index contributed by atoms with van der Waals surface area (Å²) in [6.07, 6.45) is 0.836. The average molecular weight is 261 g/mol. The van der Waals surface area contributed by atoms with E-state index in [1.54, 1.807) is 0 Å². The summed E-state index contributed by atoms with van der Waals surface area (Å²) in [5.41, 5.74) is 2.20. The normalized spacial score (nSPS) is 14.7. The van der Waals surface area contributed by atoms with Crippen LogP contribution in [-0.2, 0) is 7.05 Å². The highest BCUT2D eigenvalue weighted by molar-refractivity contribution is 5.75. The maximum absolute atomic E-state index is 8.91. The first-order chi connectivity index (χ1) is 9.13. The fourth-order valence-electron chi connectivity index (χ4n) is 2.34. The number of rotatable bonds is 6. The highest BCUT2D eigenvalue weighted by atomic mass is 16.3. The van der Waals surface area contributed by atoms with Crippen molar-refractivity contribution in [3.63, 3.8) is 0 Å². The predicted octanol–water partition coefficient (Wildman–Crippen LogP) is 2.24. The smallest absolute Gasteiger partial charge is 0.126 e. The summed E-state index contributed by atoms with van der Waals surface area (Å²) in [5, 5.41) is 12.4. The number of benzene rings is 1. The summed E-state index contributed by atoms with van der Waals surface area (Å²) >= 11 is 0. The van der Waals surface area contributed by atoms with Crippen LogP contribution in [0.25, 0.3) is 11.0 Å². The Kier molecular flexibility index (Phi) is 4.56. The Bertz CT molecular complexity index is 535. The van der Waals surface area contributed by atoms with E-state index in [-0.39, 0.29) is 12.6 Å². The number of para-hydroxylation sites is 2. The standard InChI is InChI=1S/C15H23N3O/c1-11(8-9-19)10-16-12(2)15-17-13-6-4-5-7-14(13)18(15)3/h4-7,11-12,16,19H,8-10H2,1-3H3. The molecule has 1 aromatic carbocycles. The fourth-order valence-corrected chi connectivity index (χ4v) is 2.34. The first-order valence-corrected chi connectivity index (χ1v) is 6.89. The largest absolute Gasteiger partial charge is 0.396 e. The summed E-state index contributed by atoms with van der Waals surface area (Å²) in [4.78, 5) is 4.69. The molecule has 4 nitrogen and oxygen atoms in total. The molecule has 1 heterocycles. The lowest BCUT2D eigenvalue weighted by atomic mass is 10.1. The van der Waals surface area contributed by atoms with Crippen LogP contribution in [0.15, 0.2) is 24.3 Å². The predicted molar refractivity (Wildman–Crippen MR) is 78.0 cm³/mol. The second-order valence-corrected chi connectivity index (χ2v) is 5.27. The van der Waals surface area contributed by atoms with E-state index in [0.29, 0.717) is 5.92 Å². The minimum Gasteiger partial charge on any atom is -0.396 e. The molecular weight excluding hydrogens is 238 g/mol. The number of aliphatic hydroxyl groups excluding tert-OH is 1. The van der Waals surface area contributed by atoms with Crippen molar-refractivity contribution in [1.82, 2.24) is 14.9 Å². The number of hydrogen-bond acceptors (Lipinski definition) is 3. The van der Waals surface area contributed by atoms with Crippen LogP contribution in [0.5, 0.6) is 0 Å². The van der Waals surface area contributed by atoms with Crippen LogP contribution in [0.1, 0.15) is 32.1 Å². The Labute approximate surface area is 114 Å². The van der Waals surface area contributed by atoms with Crippen LogP contribution >= 0.6 is 0 Å². The molecule has 0 saturated carbocycles. The van der Waals surface area contributed by atoms with E-state index in [9.17, 15) is 0 Å². The molecule has 0 saturated heterocycles. The summed E-state index contributed by atoms with van der Waals surface area (Å²) in [7, 11) is 2.06. The number of fused-ring (bicyclic) bond motifs is 1. The highest BCUT2D eigenvalue weighted by Gasteiger charge is 2.14. The Morgan fingerprint density at radius 3 is 2.74 bits per heavy atom. The number of nitrogens with zero attached hydrogens (tertiary/aromatic N) is 2. The zero-order valence-electron chi connectivity index (χ0n) is 11.9. The molecule has 4 heteroatoms. The van der Waals surface area contributed by atoms with Crippen LogP contribution in [-0.4, -0.2) is 27.8 Å². The fraction of sp³-hybridized carbons (Fsp3) is 0.533. The van der Waals surface area contributed by atoms with E-state index in [4.69, 9.17) is 5.11 Å². The summed E-state index contributed by atoms with van der Waals surface area (Å²) in [6.45, 7) is 5.42. The van der Waals surface area contributed by atoms with Gasteiger partial charge in [-0.1, -0.05) is 19.1 Å². The van der Waals surface area contributed by atoms with Crippen molar-refractivity contribution in [2.75, 3.05) is 13.2 Å². The van der Waals surface area contributed by atoms with Gasteiger partial charge < -0.3 is 15.0 Å². The van der Waals surface area contributed by atoms with Crippen molar-refractivity contribution in [2.45, 2.75) is 26.3 Å². The molecule has 19 heavy (non-hydrogen) atoms. The second-order valence-electron chi connectivity index (χ2n) is 5.27. The number of aryl methyl sites for hydroxylation is 1. The molecule has 0 amide bonds. The van der Waals surface area contributed by atoms with Crippen LogP contribution in [0.3, 0.4) is 0 Å². The molecular formula is C15H23N3O. The molecule has 2 N–H and O–H groups in total. The number of aliphatic hydroxyl groups is 1. The number of imidazole rings is 1. The van der Waals surface area contributed by atoms with Crippen molar-refractivity contribution in [3.05, 3.63) is 30.1 Å². The minimum absolute atomic E-state index is 0.207. The summed E-state index contributed by atoms with van der Waals surface area (Å²) in [5.74, 6) is 1.53. The third kappa shape index (κ3) is 3.14. The SMILES string of the molecule is CC(CCO)CNC(C)c1nc2ccccc2n1C. The lowest BCUT2D eigenvalue weighted by molar-refractivity contribution is 0.258. The Morgan fingerprint density at radius 1 is 1.32 bits per heavy atom. The third-order valence-electron chi connectivity index (χ3n) is 3.60. The topological polar surface area (TPSA) is 50.1 Å². The average Bonchev–Trinajstić information content (AvgIpc) is 2.74. The van der Waals surface area contributed by atoms with Crippen molar-refractivity contribution in [3.8, 4) is 0 Å². The van der Waals surface area contributed by atoms with Gasteiger partial charge in [0.05, 0.1) is 17.1 Å². The van der Waals surface area contributed by atoms with E-state index in [1.165, 1.54) is 0 Å². The van der Waals surface area contributed by atoms with Gasteiger partial charge in [-0.2, -0.15) is 0 Å². The molecule has 0 radical (unpaired) electrons. The molecule has 0 fully saturated rings. The molecule has 0 aliphatic rings. The van der Waals surface area contributed by atoms with Crippen molar-refractivity contribution in [1.29, 1.82) is 0 Å². The van der Waals surface area contributed by atoms with Crippen LogP contribution in [0.2, 0.25) is 0 Å². The quantitative estimate of drug-likeness (QED) is 0.838. The molecule has 2 atom stereocenters.